The number of aromatic nitrogens is 2. The van der Waals surface area contributed by atoms with Crippen LogP contribution >= 0.6 is 0 Å². The summed E-state index contributed by atoms with van der Waals surface area (Å²) in [6.07, 6.45) is 15.9. The Labute approximate surface area is 328 Å². The van der Waals surface area contributed by atoms with Crippen molar-refractivity contribution in [3.63, 3.8) is 0 Å². The van der Waals surface area contributed by atoms with Gasteiger partial charge in [0.25, 0.3) is 0 Å². The SMILES string of the molecule is COc1ccc(OCC(CCc2cccnc2)OC(=O)C(=O)OC(CCc2cccnc2)COc2ccc(OC)c(OC3CCCC3)c2)cc1OC1CCCC1. The van der Waals surface area contributed by atoms with Gasteiger partial charge in [-0.15, -0.1) is 0 Å². The third-order valence-corrected chi connectivity index (χ3v) is 10.0. The van der Waals surface area contributed by atoms with Gasteiger partial charge in [-0.1, -0.05) is 12.1 Å². The number of benzene rings is 2. The summed E-state index contributed by atoms with van der Waals surface area (Å²) in [5.41, 5.74) is 1.91. The molecule has 0 bridgehead atoms. The monoisotopic (exact) mass is 768 g/mol. The number of esters is 2. The van der Waals surface area contributed by atoms with E-state index >= 15 is 0 Å². The molecule has 2 unspecified atom stereocenters. The largest absolute Gasteiger partial charge is 0.493 e. The Hall–Kier alpha value is -5.52. The van der Waals surface area contributed by atoms with Gasteiger partial charge in [-0.2, -0.15) is 0 Å². The van der Waals surface area contributed by atoms with Crippen molar-refractivity contribution < 1.29 is 47.5 Å². The van der Waals surface area contributed by atoms with Crippen LogP contribution in [-0.4, -0.2) is 73.8 Å². The van der Waals surface area contributed by atoms with E-state index in [9.17, 15) is 9.59 Å². The molecular weight excluding hydrogens is 716 g/mol. The first kappa shape index (κ1) is 40.2. The van der Waals surface area contributed by atoms with Gasteiger partial charge in [-0.25, -0.2) is 9.59 Å². The first-order valence-electron chi connectivity index (χ1n) is 19.6. The van der Waals surface area contributed by atoms with E-state index in [1.54, 1.807) is 75.4 Å². The summed E-state index contributed by atoms with van der Waals surface area (Å²) in [5, 5.41) is 0. The molecule has 298 valence electrons. The lowest BCUT2D eigenvalue weighted by atomic mass is 10.1. The quantitative estimate of drug-likeness (QED) is 0.0645. The molecular formula is C44H52N2O10. The second-order valence-corrected chi connectivity index (χ2v) is 14.2. The maximum Gasteiger partial charge on any atom is 0.417 e. The molecule has 0 saturated heterocycles. The molecule has 2 heterocycles. The third-order valence-electron chi connectivity index (χ3n) is 10.0. The minimum atomic E-state index is -1.12. The van der Waals surface area contributed by atoms with E-state index in [1.165, 1.54) is 0 Å². The van der Waals surface area contributed by atoms with Crippen molar-refractivity contribution in [2.45, 2.75) is 101 Å². The van der Waals surface area contributed by atoms with Crippen molar-refractivity contribution in [2.75, 3.05) is 27.4 Å². The maximum atomic E-state index is 13.4. The summed E-state index contributed by atoms with van der Waals surface area (Å²) in [4.78, 5) is 35.2. The topological polar surface area (TPSA) is 134 Å². The zero-order valence-corrected chi connectivity index (χ0v) is 32.3. The summed E-state index contributed by atoms with van der Waals surface area (Å²) >= 11 is 0. The highest BCUT2D eigenvalue weighted by Crippen LogP contribution is 2.36. The van der Waals surface area contributed by atoms with Gasteiger partial charge >= 0.3 is 11.9 Å². The highest BCUT2D eigenvalue weighted by molar-refractivity contribution is 6.29. The molecule has 12 nitrogen and oxygen atoms in total. The van der Waals surface area contributed by atoms with Crippen LogP contribution in [-0.2, 0) is 31.9 Å². The van der Waals surface area contributed by atoms with Gasteiger partial charge in [0.2, 0.25) is 0 Å². The summed E-state index contributed by atoms with van der Waals surface area (Å²) in [7, 11) is 3.20. The summed E-state index contributed by atoms with van der Waals surface area (Å²) in [6, 6.07) is 18.3. The standard InChI is InChI=1S/C44H52N2O10/c1-49-39-21-19-35(25-41(39)53-33-11-3-4-12-33)51-29-37(17-15-31-9-7-23-45-27-31)55-43(47)44(48)56-38(18-16-32-10-8-24-46-28-32)30-52-36-20-22-40(50-2)42(26-36)54-34-13-5-6-14-34/h7-10,19-28,33-34,37-38H,3-6,11-18,29-30H2,1-2H3. The molecule has 2 aliphatic carbocycles. The number of pyridine rings is 2. The van der Waals surface area contributed by atoms with Crippen LogP contribution in [0.15, 0.2) is 85.5 Å². The Balaban J connectivity index is 1.11. The third kappa shape index (κ3) is 12.2. The molecule has 0 aliphatic heterocycles. The number of aryl methyl sites for hydroxylation is 2. The van der Waals surface area contributed by atoms with Crippen molar-refractivity contribution in [2.24, 2.45) is 0 Å². The number of carbonyl (C=O) groups is 2. The zero-order chi connectivity index (χ0) is 39.0. The lowest BCUT2D eigenvalue weighted by molar-refractivity contribution is -0.176. The molecule has 56 heavy (non-hydrogen) atoms. The predicted octanol–water partition coefficient (Wildman–Crippen LogP) is 7.68. The Morgan fingerprint density at radius 3 is 1.41 bits per heavy atom. The molecule has 2 aliphatic rings. The molecule has 2 atom stereocenters. The van der Waals surface area contributed by atoms with E-state index in [0.29, 0.717) is 60.2 Å². The van der Waals surface area contributed by atoms with Crippen molar-refractivity contribution in [1.82, 2.24) is 9.97 Å². The average Bonchev–Trinajstić information content (AvgIpc) is 3.96. The molecule has 4 aromatic rings. The smallest absolute Gasteiger partial charge is 0.417 e. The van der Waals surface area contributed by atoms with E-state index in [0.717, 1.165) is 62.5 Å². The number of nitrogens with zero attached hydrogens (tertiary/aromatic N) is 2. The molecule has 2 fully saturated rings. The van der Waals surface area contributed by atoms with Crippen LogP contribution in [0.1, 0.15) is 75.3 Å². The summed E-state index contributed by atoms with van der Waals surface area (Å²) in [6.45, 7) is -0.0183. The first-order valence-corrected chi connectivity index (χ1v) is 19.6. The Morgan fingerprint density at radius 1 is 0.607 bits per heavy atom. The molecule has 0 spiro atoms. The van der Waals surface area contributed by atoms with Crippen molar-refractivity contribution in [3.05, 3.63) is 96.6 Å². The van der Waals surface area contributed by atoms with Gasteiger partial charge in [0, 0.05) is 36.9 Å². The second-order valence-electron chi connectivity index (χ2n) is 14.2. The van der Waals surface area contributed by atoms with Crippen LogP contribution in [0.5, 0.6) is 34.5 Å². The summed E-state index contributed by atoms with van der Waals surface area (Å²) in [5.74, 6) is 1.21. The first-order chi connectivity index (χ1) is 27.4. The number of carbonyl (C=O) groups excluding carboxylic acids is 2. The highest BCUT2D eigenvalue weighted by Gasteiger charge is 2.28. The lowest BCUT2D eigenvalue weighted by Crippen LogP contribution is -2.34. The van der Waals surface area contributed by atoms with Crippen molar-refractivity contribution in [3.8, 4) is 34.5 Å². The molecule has 0 amide bonds. The normalized spacial score (nSPS) is 15.4. The van der Waals surface area contributed by atoms with Crippen LogP contribution in [0.25, 0.3) is 0 Å². The van der Waals surface area contributed by atoms with E-state index < -0.39 is 24.1 Å². The van der Waals surface area contributed by atoms with Gasteiger partial charge < -0.3 is 37.9 Å². The lowest BCUT2D eigenvalue weighted by Gasteiger charge is -2.22. The maximum absolute atomic E-state index is 13.4. The minimum absolute atomic E-state index is 0.00917. The van der Waals surface area contributed by atoms with Gasteiger partial charge in [0.05, 0.1) is 26.4 Å². The van der Waals surface area contributed by atoms with Crippen LogP contribution in [0.2, 0.25) is 0 Å². The zero-order valence-electron chi connectivity index (χ0n) is 32.3. The highest BCUT2D eigenvalue weighted by atomic mass is 16.6. The van der Waals surface area contributed by atoms with E-state index in [2.05, 4.69) is 9.97 Å². The number of ether oxygens (including phenoxy) is 8. The van der Waals surface area contributed by atoms with Crippen molar-refractivity contribution in [1.29, 1.82) is 0 Å². The predicted molar refractivity (Wildman–Crippen MR) is 208 cm³/mol. The Morgan fingerprint density at radius 2 is 1.04 bits per heavy atom. The second kappa shape index (κ2) is 21.0. The Kier molecular flexibility index (Phi) is 15.0. The van der Waals surface area contributed by atoms with Crippen LogP contribution in [0.3, 0.4) is 0 Å². The molecule has 2 aromatic heterocycles. The summed E-state index contributed by atoms with van der Waals surface area (Å²) < 4.78 is 47.4. The fourth-order valence-electron chi connectivity index (χ4n) is 6.93. The number of methoxy groups -OCH3 is 2. The van der Waals surface area contributed by atoms with Gasteiger partial charge in [-0.3, -0.25) is 9.97 Å². The fourth-order valence-corrected chi connectivity index (χ4v) is 6.93. The molecule has 2 saturated carbocycles. The van der Waals surface area contributed by atoms with Gasteiger partial charge in [0.1, 0.15) is 36.9 Å². The minimum Gasteiger partial charge on any atom is -0.493 e. The molecule has 0 N–H and O–H groups in total. The number of rotatable bonds is 20. The van der Waals surface area contributed by atoms with E-state index in [4.69, 9.17) is 37.9 Å². The Bertz CT molecular complexity index is 1680. The van der Waals surface area contributed by atoms with E-state index in [-0.39, 0.29) is 25.4 Å². The fraction of sp³-hybridized carbons (Fsp3) is 0.455. The van der Waals surface area contributed by atoms with Gasteiger partial charge in [0.15, 0.2) is 23.0 Å². The van der Waals surface area contributed by atoms with Gasteiger partial charge in [-0.05, 0) is 125 Å². The van der Waals surface area contributed by atoms with Crippen LogP contribution < -0.4 is 28.4 Å². The van der Waals surface area contributed by atoms with Crippen LogP contribution in [0.4, 0.5) is 0 Å². The average molecular weight is 769 g/mol. The molecule has 6 rings (SSSR count). The number of hydrogen-bond donors (Lipinski definition) is 0. The molecule has 2 aromatic carbocycles. The van der Waals surface area contributed by atoms with E-state index in [1.807, 2.05) is 24.3 Å². The molecule has 12 heteroatoms. The number of hydrogen-bond acceptors (Lipinski definition) is 12. The van der Waals surface area contributed by atoms with Crippen molar-refractivity contribution >= 4 is 11.9 Å². The van der Waals surface area contributed by atoms with Crippen LogP contribution in [0, 0.1) is 0 Å². The molecule has 0 radical (unpaired) electrons.